The average molecular weight is 318 g/mol. The third-order valence-corrected chi connectivity index (χ3v) is 5.01. The predicted octanol–water partition coefficient (Wildman–Crippen LogP) is 3.30. The maximum absolute atomic E-state index is 12.7. The van der Waals surface area contributed by atoms with E-state index >= 15 is 0 Å². The van der Waals surface area contributed by atoms with E-state index in [0.29, 0.717) is 12.0 Å². The molecular formula is C16H22N4OS. The highest BCUT2D eigenvalue weighted by atomic mass is 32.1. The second-order valence-electron chi connectivity index (χ2n) is 6.46. The molecule has 1 N–H and O–H groups in total. The Hall–Kier alpha value is -1.69. The Labute approximate surface area is 134 Å². The Kier molecular flexibility index (Phi) is 4.04. The van der Waals surface area contributed by atoms with E-state index in [0.717, 1.165) is 33.0 Å². The van der Waals surface area contributed by atoms with E-state index in [2.05, 4.69) is 29.1 Å². The lowest BCUT2D eigenvalue weighted by Crippen LogP contribution is -2.30. The number of aryl methyl sites for hydroxylation is 1. The van der Waals surface area contributed by atoms with Gasteiger partial charge < -0.3 is 10.2 Å². The van der Waals surface area contributed by atoms with Gasteiger partial charge >= 0.3 is 0 Å². The van der Waals surface area contributed by atoms with Gasteiger partial charge in [-0.1, -0.05) is 13.8 Å². The van der Waals surface area contributed by atoms with Gasteiger partial charge in [-0.3, -0.25) is 4.79 Å². The fourth-order valence-corrected chi connectivity index (χ4v) is 3.75. The SMILES string of the molecule is Cc1c(C(=O)N(C)CC(C)C)sc2ncnc(NC3CC3)c12. The Morgan fingerprint density at radius 3 is 2.82 bits per heavy atom. The zero-order chi connectivity index (χ0) is 15.9. The van der Waals surface area contributed by atoms with Gasteiger partial charge in [-0.05, 0) is 31.2 Å². The second kappa shape index (κ2) is 5.83. The van der Waals surface area contributed by atoms with Crippen LogP contribution in [0.1, 0.15) is 41.9 Å². The van der Waals surface area contributed by atoms with E-state index < -0.39 is 0 Å². The summed E-state index contributed by atoms with van der Waals surface area (Å²) in [4.78, 5) is 24.9. The molecule has 3 rings (SSSR count). The molecule has 5 nitrogen and oxygen atoms in total. The number of amides is 1. The Morgan fingerprint density at radius 2 is 2.18 bits per heavy atom. The van der Waals surface area contributed by atoms with Crippen LogP contribution < -0.4 is 5.32 Å². The van der Waals surface area contributed by atoms with E-state index in [4.69, 9.17) is 0 Å². The minimum absolute atomic E-state index is 0.0755. The minimum Gasteiger partial charge on any atom is -0.367 e. The number of hydrogen-bond donors (Lipinski definition) is 1. The van der Waals surface area contributed by atoms with Crippen LogP contribution in [-0.4, -0.2) is 40.4 Å². The van der Waals surface area contributed by atoms with E-state index in [1.807, 2.05) is 14.0 Å². The van der Waals surface area contributed by atoms with Crippen molar-refractivity contribution in [2.24, 2.45) is 5.92 Å². The van der Waals surface area contributed by atoms with Gasteiger partial charge in [-0.2, -0.15) is 0 Å². The topological polar surface area (TPSA) is 58.1 Å². The van der Waals surface area contributed by atoms with Gasteiger partial charge in [0.1, 0.15) is 17.0 Å². The molecule has 22 heavy (non-hydrogen) atoms. The van der Waals surface area contributed by atoms with Crippen LogP contribution in [0.5, 0.6) is 0 Å². The summed E-state index contributed by atoms with van der Waals surface area (Å²) in [7, 11) is 1.86. The molecule has 0 radical (unpaired) electrons. The molecule has 1 aliphatic rings. The summed E-state index contributed by atoms with van der Waals surface area (Å²) < 4.78 is 0. The molecular weight excluding hydrogens is 296 g/mol. The smallest absolute Gasteiger partial charge is 0.264 e. The molecule has 6 heteroatoms. The Bertz CT molecular complexity index is 705. The number of aromatic nitrogens is 2. The first-order chi connectivity index (χ1) is 10.5. The largest absolute Gasteiger partial charge is 0.367 e. The lowest BCUT2D eigenvalue weighted by atomic mass is 10.1. The van der Waals surface area contributed by atoms with Crippen LogP contribution in [0.2, 0.25) is 0 Å². The van der Waals surface area contributed by atoms with Crippen LogP contribution in [-0.2, 0) is 0 Å². The highest BCUT2D eigenvalue weighted by Gasteiger charge is 2.26. The summed E-state index contributed by atoms with van der Waals surface area (Å²) in [6.07, 6.45) is 3.96. The maximum atomic E-state index is 12.7. The van der Waals surface area contributed by atoms with Crippen molar-refractivity contribution in [3.8, 4) is 0 Å². The summed E-state index contributed by atoms with van der Waals surface area (Å²) in [5, 5.41) is 4.44. The summed E-state index contributed by atoms with van der Waals surface area (Å²) in [5.41, 5.74) is 0.990. The molecule has 0 spiro atoms. The fourth-order valence-electron chi connectivity index (χ4n) is 2.61. The molecule has 2 heterocycles. The molecule has 0 unspecified atom stereocenters. The van der Waals surface area contributed by atoms with E-state index in [-0.39, 0.29) is 5.91 Å². The van der Waals surface area contributed by atoms with Gasteiger partial charge in [-0.15, -0.1) is 11.3 Å². The first-order valence-electron chi connectivity index (χ1n) is 7.73. The lowest BCUT2D eigenvalue weighted by Gasteiger charge is -2.18. The van der Waals surface area contributed by atoms with Crippen molar-refractivity contribution in [3.05, 3.63) is 16.8 Å². The minimum atomic E-state index is 0.0755. The third-order valence-electron chi connectivity index (χ3n) is 3.82. The molecule has 0 aromatic carbocycles. The standard InChI is InChI=1S/C16H22N4OS/c1-9(2)7-20(4)16(21)13-10(3)12-14(19-11-5-6-11)17-8-18-15(12)22-13/h8-9,11H,5-7H2,1-4H3,(H,17,18,19). The summed E-state index contributed by atoms with van der Waals surface area (Å²) in [5.74, 6) is 1.40. The number of thiophene rings is 1. The molecule has 1 fully saturated rings. The van der Waals surface area contributed by atoms with Crippen molar-refractivity contribution in [3.63, 3.8) is 0 Å². The number of anilines is 1. The molecule has 0 aliphatic heterocycles. The summed E-state index contributed by atoms with van der Waals surface area (Å²) in [6.45, 7) is 6.98. The molecule has 1 saturated carbocycles. The molecule has 1 amide bonds. The zero-order valence-corrected chi connectivity index (χ0v) is 14.3. The van der Waals surface area contributed by atoms with Crippen molar-refractivity contribution < 1.29 is 4.79 Å². The van der Waals surface area contributed by atoms with Crippen LogP contribution in [0, 0.1) is 12.8 Å². The quantitative estimate of drug-likeness (QED) is 0.919. The monoisotopic (exact) mass is 318 g/mol. The number of nitrogens with one attached hydrogen (secondary N) is 1. The van der Waals surface area contributed by atoms with Crippen molar-refractivity contribution in [1.82, 2.24) is 14.9 Å². The normalized spacial score (nSPS) is 14.6. The van der Waals surface area contributed by atoms with Crippen LogP contribution in [0.4, 0.5) is 5.82 Å². The zero-order valence-electron chi connectivity index (χ0n) is 13.5. The lowest BCUT2D eigenvalue weighted by molar-refractivity contribution is 0.0783. The van der Waals surface area contributed by atoms with Gasteiger partial charge in [0.25, 0.3) is 5.91 Å². The highest BCUT2D eigenvalue weighted by Crippen LogP contribution is 2.35. The van der Waals surface area contributed by atoms with Crippen molar-refractivity contribution in [2.75, 3.05) is 18.9 Å². The van der Waals surface area contributed by atoms with E-state index in [9.17, 15) is 4.79 Å². The molecule has 118 valence electrons. The molecule has 2 aromatic rings. The Morgan fingerprint density at radius 1 is 1.45 bits per heavy atom. The molecule has 1 aliphatic carbocycles. The third kappa shape index (κ3) is 2.92. The van der Waals surface area contributed by atoms with Crippen LogP contribution in [0.25, 0.3) is 10.2 Å². The number of carbonyl (C=O) groups excluding carboxylic acids is 1. The maximum Gasteiger partial charge on any atom is 0.264 e. The van der Waals surface area contributed by atoms with Gasteiger partial charge in [0, 0.05) is 19.6 Å². The summed E-state index contributed by atoms with van der Waals surface area (Å²) in [6, 6.07) is 0.528. The van der Waals surface area contributed by atoms with Crippen molar-refractivity contribution >= 4 is 33.3 Å². The van der Waals surface area contributed by atoms with Gasteiger partial charge in [0.15, 0.2) is 0 Å². The molecule has 0 atom stereocenters. The van der Waals surface area contributed by atoms with Crippen LogP contribution in [0.3, 0.4) is 0 Å². The highest BCUT2D eigenvalue weighted by molar-refractivity contribution is 7.20. The van der Waals surface area contributed by atoms with Gasteiger partial charge in [-0.25, -0.2) is 9.97 Å². The average Bonchev–Trinajstić information content (AvgIpc) is 3.20. The molecule has 2 aromatic heterocycles. The van der Waals surface area contributed by atoms with E-state index in [1.165, 1.54) is 24.2 Å². The second-order valence-corrected chi connectivity index (χ2v) is 7.46. The number of rotatable bonds is 5. The molecule has 0 bridgehead atoms. The molecule has 0 saturated heterocycles. The van der Waals surface area contributed by atoms with Crippen LogP contribution >= 0.6 is 11.3 Å². The first kappa shape index (κ1) is 15.2. The van der Waals surface area contributed by atoms with E-state index in [1.54, 1.807) is 11.2 Å². The van der Waals surface area contributed by atoms with Gasteiger partial charge in [0.2, 0.25) is 0 Å². The van der Waals surface area contributed by atoms with Crippen molar-refractivity contribution in [1.29, 1.82) is 0 Å². The predicted molar refractivity (Wildman–Crippen MR) is 90.6 cm³/mol. The number of fused-ring (bicyclic) bond motifs is 1. The van der Waals surface area contributed by atoms with Gasteiger partial charge in [0.05, 0.1) is 10.3 Å². The number of carbonyl (C=O) groups is 1. The Balaban J connectivity index is 1.97. The number of hydrogen-bond acceptors (Lipinski definition) is 5. The van der Waals surface area contributed by atoms with Crippen LogP contribution in [0.15, 0.2) is 6.33 Å². The first-order valence-corrected chi connectivity index (χ1v) is 8.55. The summed E-state index contributed by atoms with van der Waals surface area (Å²) >= 11 is 1.47. The fraction of sp³-hybridized carbons (Fsp3) is 0.562. The number of nitrogens with zero attached hydrogens (tertiary/aromatic N) is 3. The van der Waals surface area contributed by atoms with Crippen molar-refractivity contribution in [2.45, 2.75) is 39.7 Å².